The summed E-state index contributed by atoms with van der Waals surface area (Å²) in [6, 6.07) is 18.5. The summed E-state index contributed by atoms with van der Waals surface area (Å²) < 4.78 is 11.4. The summed E-state index contributed by atoms with van der Waals surface area (Å²) in [7, 11) is 0. The second-order valence-corrected chi connectivity index (χ2v) is 9.96. The van der Waals surface area contributed by atoms with E-state index in [1.807, 2.05) is 30.3 Å². The molecule has 0 radical (unpaired) electrons. The lowest BCUT2D eigenvalue weighted by atomic mass is 10.1. The minimum Gasteiger partial charge on any atom is -0.492 e. The molecule has 9 heteroatoms. The molecule has 0 saturated carbocycles. The topological polar surface area (TPSA) is 96.3 Å². The van der Waals surface area contributed by atoms with Crippen molar-refractivity contribution in [2.75, 3.05) is 31.6 Å². The van der Waals surface area contributed by atoms with Crippen LogP contribution in [-0.2, 0) is 0 Å². The first-order valence-electron chi connectivity index (χ1n) is 13.1. The zero-order chi connectivity index (χ0) is 26.6. The van der Waals surface area contributed by atoms with Gasteiger partial charge in [-0.05, 0) is 68.4 Å². The number of piperidine rings is 1. The van der Waals surface area contributed by atoms with Gasteiger partial charge in [0.15, 0.2) is 11.4 Å². The number of aromatic nitrogens is 3. The van der Waals surface area contributed by atoms with Crippen LogP contribution in [0.4, 0.5) is 5.69 Å². The number of H-pyrrole nitrogens is 1. The average molecular weight is 542 g/mol. The number of anilines is 1. The maximum absolute atomic E-state index is 12.4. The molecule has 1 amide bonds. The van der Waals surface area contributed by atoms with Crippen molar-refractivity contribution in [3.05, 3.63) is 83.9 Å². The van der Waals surface area contributed by atoms with Crippen molar-refractivity contribution in [2.45, 2.75) is 19.3 Å². The van der Waals surface area contributed by atoms with E-state index in [9.17, 15) is 4.79 Å². The first-order chi connectivity index (χ1) is 19.1. The Morgan fingerprint density at radius 2 is 1.92 bits per heavy atom. The third-order valence-corrected chi connectivity index (χ3v) is 7.20. The number of nitrogens with zero attached hydrogens (tertiary/aromatic N) is 3. The molecule has 1 fully saturated rings. The van der Waals surface area contributed by atoms with Crippen molar-refractivity contribution in [3.63, 3.8) is 0 Å². The van der Waals surface area contributed by atoms with E-state index in [4.69, 9.17) is 20.8 Å². The minimum atomic E-state index is -0.346. The van der Waals surface area contributed by atoms with Crippen LogP contribution in [0.3, 0.4) is 0 Å². The van der Waals surface area contributed by atoms with Gasteiger partial charge in [-0.1, -0.05) is 36.2 Å². The van der Waals surface area contributed by atoms with Crippen molar-refractivity contribution < 1.29 is 13.9 Å². The summed E-state index contributed by atoms with van der Waals surface area (Å²) in [5.41, 5.74) is 4.46. The molecule has 1 aliphatic rings. The fourth-order valence-corrected chi connectivity index (χ4v) is 5.07. The lowest BCUT2D eigenvalue weighted by Gasteiger charge is -2.26. The summed E-state index contributed by atoms with van der Waals surface area (Å²) in [6.45, 7) is 3.87. The Bertz CT molecular complexity index is 1590. The van der Waals surface area contributed by atoms with Crippen molar-refractivity contribution in [1.82, 2.24) is 19.9 Å². The van der Waals surface area contributed by atoms with Crippen LogP contribution < -0.4 is 10.1 Å². The molecule has 3 aromatic heterocycles. The lowest BCUT2D eigenvalue weighted by Crippen LogP contribution is -2.33. The molecule has 1 saturated heterocycles. The molecule has 1 aliphatic heterocycles. The van der Waals surface area contributed by atoms with Crippen LogP contribution >= 0.6 is 11.6 Å². The number of furan rings is 1. The molecule has 6 rings (SSSR count). The number of amides is 1. The maximum Gasteiger partial charge on any atom is 0.291 e. The van der Waals surface area contributed by atoms with E-state index in [0.717, 1.165) is 42.0 Å². The Hall–Kier alpha value is -4.14. The molecule has 198 valence electrons. The molecule has 0 spiro atoms. The number of para-hydroxylation sites is 1. The van der Waals surface area contributed by atoms with Crippen LogP contribution in [0.25, 0.3) is 33.7 Å². The second kappa shape index (κ2) is 11.3. The first kappa shape index (κ1) is 25.2. The lowest BCUT2D eigenvalue weighted by molar-refractivity contribution is 0.0996. The third kappa shape index (κ3) is 5.67. The molecule has 4 heterocycles. The van der Waals surface area contributed by atoms with E-state index in [1.165, 1.54) is 25.5 Å². The summed E-state index contributed by atoms with van der Waals surface area (Å²) in [4.78, 5) is 27.5. The van der Waals surface area contributed by atoms with Gasteiger partial charge in [0.25, 0.3) is 5.91 Å². The van der Waals surface area contributed by atoms with Crippen molar-refractivity contribution >= 4 is 34.4 Å². The second-order valence-electron chi connectivity index (χ2n) is 9.55. The number of rotatable bonds is 8. The van der Waals surface area contributed by atoms with Crippen LogP contribution in [0.15, 0.2) is 77.5 Å². The number of pyridine rings is 1. The number of hydrogen-bond acceptors (Lipinski definition) is 6. The molecular formula is C30H28ClN5O3. The summed E-state index contributed by atoms with van der Waals surface area (Å²) >= 11 is 6.52. The highest BCUT2D eigenvalue weighted by molar-refractivity contribution is 6.33. The van der Waals surface area contributed by atoms with Gasteiger partial charge in [-0.2, -0.15) is 0 Å². The predicted molar refractivity (Wildman–Crippen MR) is 152 cm³/mol. The monoisotopic (exact) mass is 541 g/mol. The van der Waals surface area contributed by atoms with Gasteiger partial charge in [0.05, 0.1) is 16.8 Å². The Balaban J connectivity index is 1.23. The van der Waals surface area contributed by atoms with Gasteiger partial charge in [0.1, 0.15) is 18.2 Å². The van der Waals surface area contributed by atoms with Crippen molar-refractivity contribution in [2.24, 2.45) is 0 Å². The van der Waals surface area contributed by atoms with Crippen LogP contribution in [0.5, 0.6) is 5.75 Å². The molecule has 0 unspecified atom stereocenters. The maximum atomic E-state index is 12.4. The smallest absolute Gasteiger partial charge is 0.291 e. The van der Waals surface area contributed by atoms with Gasteiger partial charge in [-0.25, -0.2) is 9.97 Å². The minimum absolute atomic E-state index is 0.225. The van der Waals surface area contributed by atoms with Gasteiger partial charge in [0.2, 0.25) is 0 Å². The predicted octanol–water partition coefficient (Wildman–Crippen LogP) is 6.66. The number of benzene rings is 2. The zero-order valence-electron chi connectivity index (χ0n) is 21.3. The molecule has 8 nitrogen and oxygen atoms in total. The highest BCUT2D eigenvalue weighted by Crippen LogP contribution is 2.33. The molecule has 2 N–H and O–H groups in total. The summed E-state index contributed by atoms with van der Waals surface area (Å²) in [5, 5.41) is 3.32. The van der Waals surface area contributed by atoms with E-state index in [2.05, 4.69) is 25.2 Å². The highest BCUT2D eigenvalue weighted by Gasteiger charge is 2.16. The van der Waals surface area contributed by atoms with Crippen LogP contribution in [0.2, 0.25) is 5.02 Å². The zero-order valence-corrected chi connectivity index (χ0v) is 22.1. The van der Waals surface area contributed by atoms with E-state index in [0.29, 0.717) is 34.4 Å². The number of likely N-dealkylation sites (tertiary alicyclic amines) is 1. The quantitative estimate of drug-likeness (QED) is 0.228. The van der Waals surface area contributed by atoms with Crippen molar-refractivity contribution in [3.8, 4) is 28.3 Å². The number of carbonyl (C=O) groups is 1. The Morgan fingerprint density at radius 3 is 2.77 bits per heavy atom. The van der Waals surface area contributed by atoms with E-state index < -0.39 is 0 Å². The summed E-state index contributed by atoms with van der Waals surface area (Å²) in [5.74, 6) is 1.27. The normalized spacial score (nSPS) is 14.0. The van der Waals surface area contributed by atoms with E-state index in [-0.39, 0.29) is 11.7 Å². The van der Waals surface area contributed by atoms with Crippen molar-refractivity contribution in [1.29, 1.82) is 0 Å². The number of ether oxygens (including phenoxy) is 1. The average Bonchev–Trinajstić information content (AvgIpc) is 3.65. The fourth-order valence-electron chi connectivity index (χ4n) is 4.86. The molecule has 2 aromatic carbocycles. The molecule has 0 atom stereocenters. The number of imidazole rings is 1. The Kier molecular flexibility index (Phi) is 7.29. The number of aromatic amines is 1. The highest BCUT2D eigenvalue weighted by atomic mass is 35.5. The van der Waals surface area contributed by atoms with Gasteiger partial charge in [-0.3, -0.25) is 9.69 Å². The number of halogens is 1. The van der Waals surface area contributed by atoms with Crippen LogP contribution in [-0.4, -0.2) is 52.0 Å². The van der Waals surface area contributed by atoms with Gasteiger partial charge < -0.3 is 19.5 Å². The molecular weight excluding hydrogens is 514 g/mol. The molecule has 0 bridgehead atoms. The van der Waals surface area contributed by atoms with Crippen LogP contribution in [0.1, 0.15) is 29.8 Å². The summed E-state index contributed by atoms with van der Waals surface area (Å²) in [6.07, 6.45) is 7.12. The van der Waals surface area contributed by atoms with E-state index in [1.54, 1.807) is 36.5 Å². The number of hydrogen-bond donors (Lipinski definition) is 2. The Morgan fingerprint density at radius 1 is 1.05 bits per heavy atom. The third-order valence-electron chi connectivity index (χ3n) is 6.87. The number of nitrogens with one attached hydrogen (secondary N) is 2. The fraction of sp³-hybridized carbons (Fsp3) is 0.233. The molecule has 5 aromatic rings. The molecule has 39 heavy (non-hydrogen) atoms. The largest absolute Gasteiger partial charge is 0.492 e. The Labute approximate surface area is 231 Å². The number of fused-ring (bicyclic) bond motifs is 1. The van der Waals surface area contributed by atoms with Gasteiger partial charge >= 0.3 is 0 Å². The van der Waals surface area contributed by atoms with Gasteiger partial charge in [0, 0.05) is 35.1 Å². The standard InChI is InChI=1S/C30H28ClN5O3/c31-24-11-10-21(33-30(37)27-9-6-15-38-27)18-23(24)28-34-25-17-20(19-32-29(25)35-28)22-7-2-3-8-26(22)39-16-14-36-12-4-1-5-13-36/h2-3,6-11,15,17-19H,1,4-5,12-14,16H2,(H,33,37)(H,32,34,35). The SMILES string of the molecule is O=C(Nc1ccc(Cl)c(-c2nc3ncc(-c4ccccc4OCCN4CCCCC4)cc3[nH]2)c1)c1ccco1. The van der Waals surface area contributed by atoms with Gasteiger partial charge in [-0.15, -0.1) is 0 Å². The first-order valence-corrected chi connectivity index (χ1v) is 13.5. The van der Waals surface area contributed by atoms with Crippen LogP contribution in [0, 0.1) is 0 Å². The number of carbonyl (C=O) groups excluding carboxylic acids is 1. The van der Waals surface area contributed by atoms with E-state index >= 15 is 0 Å². The molecule has 0 aliphatic carbocycles.